The number of carbonyl (C=O) groups is 1. The monoisotopic (exact) mass is 263 g/mol. The Morgan fingerprint density at radius 2 is 1.84 bits per heavy atom. The Kier molecular flexibility index (Phi) is 6.57. The fraction of sp³-hybridized carbons (Fsp3) is 0.562. The number of rotatable bonds is 8. The van der Waals surface area contributed by atoms with Crippen LogP contribution in [-0.2, 0) is 11.2 Å². The molecule has 0 amide bonds. The van der Waals surface area contributed by atoms with E-state index in [4.69, 9.17) is 5.11 Å². The molecule has 1 aromatic rings. The van der Waals surface area contributed by atoms with E-state index >= 15 is 0 Å². The normalized spacial score (nSPS) is 14.3. The zero-order chi connectivity index (χ0) is 14.3. The first kappa shape index (κ1) is 15.7. The van der Waals surface area contributed by atoms with Crippen molar-refractivity contribution in [2.24, 2.45) is 0 Å². The zero-order valence-electron chi connectivity index (χ0n) is 12.2. The molecule has 1 aromatic carbocycles. The molecular weight excluding hydrogens is 238 g/mol. The lowest BCUT2D eigenvalue weighted by Crippen LogP contribution is -2.45. The predicted octanol–water partition coefficient (Wildman–Crippen LogP) is 3.19. The van der Waals surface area contributed by atoms with Gasteiger partial charge in [0.1, 0.15) is 0 Å². The molecule has 0 saturated carbocycles. The number of benzene rings is 1. The summed E-state index contributed by atoms with van der Waals surface area (Å²) < 4.78 is 0. The molecule has 0 aliphatic carbocycles. The summed E-state index contributed by atoms with van der Waals surface area (Å²) in [7, 11) is 0. The van der Waals surface area contributed by atoms with Gasteiger partial charge < -0.3 is 5.11 Å². The van der Waals surface area contributed by atoms with Gasteiger partial charge in [0, 0.05) is 12.1 Å². The molecule has 0 aliphatic heterocycles. The predicted molar refractivity (Wildman–Crippen MR) is 78.3 cm³/mol. The van der Waals surface area contributed by atoms with Crippen molar-refractivity contribution in [1.29, 1.82) is 0 Å². The molecule has 106 valence electrons. The van der Waals surface area contributed by atoms with Crippen LogP contribution in [0, 0.1) is 0 Å². The van der Waals surface area contributed by atoms with Crippen LogP contribution in [0.1, 0.15) is 39.2 Å². The maximum Gasteiger partial charge on any atom is 0.317 e. The SMILES string of the molecule is CCC(C)N(CC(=O)O)C(CC)Cc1ccccc1. The van der Waals surface area contributed by atoms with Crippen LogP contribution in [0.5, 0.6) is 0 Å². The Labute approximate surface area is 116 Å². The number of carboxylic acids is 1. The standard InChI is InChI=1S/C16H25NO2/c1-4-13(3)17(12-16(18)19)15(5-2)11-14-9-7-6-8-10-14/h6-10,13,15H,4-5,11-12H2,1-3H3,(H,18,19). The molecule has 2 atom stereocenters. The fourth-order valence-electron chi connectivity index (χ4n) is 2.42. The molecule has 3 nitrogen and oxygen atoms in total. The van der Waals surface area contributed by atoms with Crippen LogP contribution in [-0.4, -0.2) is 34.6 Å². The molecule has 1 rings (SSSR count). The molecule has 3 heteroatoms. The summed E-state index contributed by atoms with van der Waals surface area (Å²) >= 11 is 0. The molecule has 2 unspecified atom stereocenters. The van der Waals surface area contributed by atoms with Gasteiger partial charge in [-0.15, -0.1) is 0 Å². The molecule has 0 aliphatic rings. The Hall–Kier alpha value is -1.35. The molecule has 19 heavy (non-hydrogen) atoms. The highest BCUT2D eigenvalue weighted by molar-refractivity contribution is 5.69. The molecule has 0 heterocycles. The van der Waals surface area contributed by atoms with E-state index in [-0.39, 0.29) is 12.6 Å². The summed E-state index contributed by atoms with van der Waals surface area (Å²) in [6.07, 6.45) is 2.85. The highest BCUT2D eigenvalue weighted by Crippen LogP contribution is 2.16. The third-order valence-corrected chi connectivity index (χ3v) is 3.73. The number of hydrogen-bond donors (Lipinski definition) is 1. The van der Waals surface area contributed by atoms with Gasteiger partial charge in [0.25, 0.3) is 0 Å². The van der Waals surface area contributed by atoms with E-state index in [0.717, 1.165) is 19.3 Å². The van der Waals surface area contributed by atoms with Crippen LogP contribution in [0.15, 0.2) is 30.3 Å². The van der Waals surface area contributed by atoms with Crippen molar-refractivity contribution in [2.45, 2.75) is 52.1 Å². The first-order chi connectivity index (χ1) is 9.08. The maximum atomic E-state index is 11.1. The highest BCUT2D eigenvalue weighted by atomic mass is 16.4. The first-order valence-corrected chi connectivity index (χ1v) is 7.09. The lowest BCUT2D eigenvalue weighted by Gasteiger charge is -2.34. The van der Waals surface area contributed by atoms with Crippen LogP contribution in [0.4, 0.5) is 0 Å². The van der Waals surface area contributed by atoms with Crippen LogP contribution >= 0.6 is 0 Å². The average molecular weight is 263 g/mol. The fourth-order valence-corrected chi connectivity index (χ4v) is 2.42. The first-order valence-electron chi connectivity index (χ1n) is 7.09. The number of aliphatic carboxylic acids is 1. The number of carboxylic acid groups (broad SMARTS) is 1. The van der Waals surface area contributed by atoms with Crippen molar-refractivity contribution in [3.05, 3.63) is 35.9 Å². The van der Waals surface area contributed by atoms with Crippen molar-refractivity contribution in [3.8, 4) is 0 Å². The quantitative estimate of drug-likeness (QED) is 0.783. The van der Waals surface area contributed by atoms with E-state index < -0.39 is 5.97 Å². The molecule has 0 bridgehead atoms. The van der Waals surface area contributed by atoms with Crippen molar-refractivity contribution < 1.29 is 9.90 Å². The van der Waals surface area contributed by atoms with Crippen LogP contribution in [0.3, 0.4) is 0 Å². The van der Waals surface area contributed by atoms with Crippen LogP contribution in [0.2, 0.25) is 0 Å². The second-order valence-electron chi connectivity index (χ2n) is 5.08. The largest absolute Gasteiger partial charge is 0.480 e. The molecular formula is C16H25NO2. The van der Waals surface area contributed by atoms with Gasteiger partial charge >= 0.3 is 5.97 Å². The van der Waals surface area contributed by atoms with Gasteiger partial charge in [0.2, 0.25) is 0 Å². The van der Waals surface area contributed by atoms with Crippen LogP contribution < -0.4 is 0 Å². The zero-order valence-corrected chi connectivity index (χ0v) is 12.2. The van der Waals surface area contributed by atoms with Gasteiger partial charge in [-0.25, -0.2) is 0 Å². The lowest BCUT2D eigenvalue weighted by molar-refractivity contribution is -0.139. The minimum atomic E-state index is -0.744. The Balaban J connectivity index is 2.80. The van der Waals surface area contributed by atoms with E-state index in [2.05, 4.69) is 37.8 Å². The highest BCUT2D eigenvalue weighted by Gasteiger charge is 2.23. The van der Waals surface area contributed by atoms with Gasteiger partial charge in [-0.05, 0) is 31.7 Å². The number of hydrogen-bond acceptors (Lipinski definition) is 2. The van der Waals surface area contributed by atoms with E-state index in [1.807, 2.05) is 18.2 Å². The minimum Gasteiger partial charge on any atom is -0.480 e. The van der Waals surface area contributed by atoms with Crippen molar-refractivity contribution in [3.63, 3.8) is 0 Å². The van der Waals surface area contributed by atoms with E-state index in [1.54, 1.807) is 0 Å². The van der Waals surface area contributed by atoms with E-state index in [9.17, 15) is 4.79 Å². The van der Waals surface area contributed by atoms with Crippen LogP contribution in [0.25, 0.3) is 0 Å². The summed E-state index contributed by atoms with van der Waals surface area (Å²) in [5, 5.41) is 9.10. The van der Waals surface area contributed by atoms with Gasteiger partial charge in [-0.3, -0.25) is 9.69 Å². The summed E-state index contributed by atoms with van der Waals surface area (Å²) in [6.45, 7) is 6.47. The minimum absolute atomic E-state index is 0.125. The second kappa shape index (κ2) is 7.95. The summed E-state index contributed by atoms with van der Waals surface area (Å²) in [5.74, 6) is -0.744. The summed E-state index contributed by atoms with van der Waals surface area (Å²) in [5.41, 5.74) is 1.27. The van der Waals surface area contributed by atoms with Crippen molar-refractivity contribution in [1.82, 2.24) is 4.90 Å². The van der Waals surface area contributed by atoms with E-state index in [0.29, 0.717) is 6.04 Å². The number of nitrogens with zero attached hydrogens (tertiary/aromatic N) is 1. The van der Waals surface area contributed by atoms with Crippen molar-refractivity contribution in [2.75, 3.05) is 6.54 Å². The second-order valence-corrected chi connectivity index (χ2v) is 5.08. The third-order valence-electron chi connectivity index (χ3n) is 3.73. The Bertz CT molecular complexity index is 378. The van der Waals surface area contributed by atoms with Gasteiger partial charge in [-0.2, -0.15) is 0 Å². The third kappa shape index (κ3) is 5.03. The molecule has 0 spiro atoms. The Morgan fingerprint density at radius 3 is 2.32 bits per heavy atom. The topological polar surface area (TPSA) is 40.5 Å². The van der Waals surface area contributed by atoms with Gasteiger partial charge in [0.15, 0.2) is 0 Å². The summed E-state index contributed by atoms with van der Waals surface area (Å²) in [4.78, 5) is 13.2. The molecule has 0 fully saturated rings. The maximum absolute atomic E-state index is 11.1. The van der Waals surface area contributed by atoms with Gasteiger partial charge in [-0.1, -0.05) is 44.2 Å². The molecule has 0 saturated heterocycles. The summed E-state index contributed by atoms with van der Waals surface area (Å²) in [6, 6.07) is 10.9. The molecule has 1 N–H and O–H groups in total. The average Bonchev–Trinajstić information content (AvgIpc) is 2.42. The van der Waals surface area contributed by atoms with Gasteiger partial charge in [0.05, 0.1) is 6.54 Å². The smallest absolute Gasteiger partial charge is 0.317 e. The molecule has 0 aromatic heterocycles. The lowest BCUT2D eigenvalue weighted by atomic mass is 10.0. The Morgan fingerprint density at radius 1 is 1.21 bits per heavy atom. The van der Waals surface area contributed by atoms with E-state index in [1.165, 1.54) is 5.56 Å². The molecule has 0 radical (unpaired) electrons. The van der Waals surface area contributed by atoms with Crippen molar-refractivity contribution >= 4 is 5.97 Å².